The molecule has 4 heteroatoms. The van der Waals surface area contributed by atoms with E-state index in [0.29, 0.717) is 6.61 Å². The van der Waals surface area contributed by atoms with E-state index in [4.69, 9.17) is 4.74 Å². The minimum Gasteiger partial charge on any atom is -0.368 e. The summed E-state index contributed by atoms with van der Waals surface area (Å²) in [7, 11) is 0. The molecule has 0 aromatic heterocycles. The Labute approximate surface area is 110 Å². The van der Waals surface area contributed by atoms with Gasteiger partial charge in [0.05, 0.1) is 0 Å². The quantitative estimate of drug-likeness (QED) is 0.910. The fourth-order valence-corrected chi connectivity index (χ4v) is 2.25. The number of ether oxygens (including phenoxy) is 1. The number of benzene rings is 1. The van der Waals surface area contributed by atoms with Crippen LogP contribution < -0.4 is 5.32 Å². The number of amides is 1. The standard InChI is InChI=1S/C13H16BrNO2/c1-8-6-10(7-9(2)12(8)14)15-13(16)11-4-3-5-17-11/h6-7,11H,3-5H2,1-2H3,(H,15,16)/t11-/m0/s1. The van der Waals surface area contributed by atoms with Gasteiger partial charge in [-0.3, -0.25) is 4.79 Å². The number of aryl methyl sites for hydroxylation is 2. The molecule has 0 radical (unpaired) electrons. The molecule has 1 fully saturated rings. The third-order valence-corrected chi connectivity index (χ3v) is 4.18. The summed E-state index contributed by atoms with van der Waals surface area (Å²) in [4.78, 5) is 11.9. The minimum absolute atomic E-state index is 0.0383. The predicted octanol–water partition coefficient (Wildman–Crippen LogP) is 3.18. The average molecular weight is 298 g/mol. The van der Waals surface area contributed by atoms with Gasteiger partial charge < -0.3 is 10.1 Å². The lowest BCUT2D eigenvalue weighted by Gasteiger charge is -2.12. The van der Waals surface area contributed by atoms with Gasteiger partial charge in [0.2, 0.25) is 0 Å². The first-order valence-electron chi connectivity index (χ1n) is 5.77. The van der Waals surface area contributed by atoms with Gasteiger partial charge in [-0.25, -0.2) is 0 Å². The molecule has 3 nitrogen and oxygen atoms in total. The van der Waals surface area contributed by atoms with E-state index < -0.39 is 0 Å². The Balaban J connectivity index is 2.10. The number of carbonyl (C=O) groups excluding carboxylic acids is 1. The summed E-state index contributed by atoms with van der Waals surface area (Å²) >= 11 is 3.51. The lowest BCUT2D eigenvalue weighted by atomic mass is 10.1. The highest BCUT2D eigenvalue weighted by atomic mass is 79.9. The molecule has 17 heavy (non-hydrogen) atoms. The normalized spacial score (nSPS) is 19.4. The van der Waals surface area contributed by atoms with Gasteiger partial charge in [0.15, 0.2) is 0 Å². The SMILES string of the molecule is Cc1cc(NC(=O)[C@@H]2CCCO2)cc(C)c1Br. The summed E-state index contributed by atoms with van der Waals surface area (Å²) in [5, 5.41) is 2.91. The monoisotopic (exact) mass is 297 g/mol. The Hall–Kier alpha value is -0.870. The molecule has 1 N–H and O–H groups in total. The number of nitrogens with one attached hydrogen (secondary N) is 1. The Morgan fingerprint density at radius 3 is 2.59 bits per heavy atom. The van der Waals surface area contributed by atoms with Crippen LogP contribution in [0.2, 0.25) is 0 Å². The zero-order chi connectivity index (χ0) is 12.4. The summed E-state index contributed by atoms with van der Waals surface area (Å²) in [6, 6.07) is 3.92. The highest BCUT2D eigenvalue weighted by Crippen LogP contribution is 2.25. The summed E-state index contributed by atoms with van der Waals surface area (Å²) in [6.45, 7) is 4.72. The zero-order valence-corrected chi connectivity index (χ0v) is 11.6. The molecule has 1 aromatic carbocycles. The number of rotatable bonds is 2. The first-order valence-corrected chi connectivity index (χ1v) is 6.56. The number of carbonyl (C=O) groups is 1. The molecule has 1 atom stereocenters. The van der Waals surface area contributed by atoms with Gasteiger partial charge in [0.25, 0.3) is 5.91 Å². The molecular formula is C13H16BrNO2. The van der Waals surface area contributed by atoms with Crippen molar-refractivity contribution in [3.63, 3.8) is 0 Å². The van der Waals surface area contributed by atoms with Crippen molar-refractivity contribution >= 4 is 27.5 Å². The van der Waals surface area contributed by atoms with Crippen LogP contribution in [0.25, 0.3) is 0 Å². The lowest BCUT2D eigenvalue weighted by Crippen LogP contribution is -2.26. The molecule has 2 rings (SSSR count). The van der Waals surface area contributed by atoms with Crippen molar-refractivity contribution in [3.8, 4) is 0 Å². The maximum absolute atomic E-state index is 11.9. The van der Waals surface area contributed by atoms with Gasteiger partial charge in [-0.2, -0.15) is 0 Å². The highest BCUT2D eigenvalue weighted by Gasteiger charge is 2.23. The molecule has 92 valence electrons. The third-order valence-electron chi connectivity index (χ3n) is 2.93. The largest absolute Gasteiger partial charge is 0.368 e. The molecule has 1 aromatic rings. The van der Waals surface area contributed by atoms with Gasteiger partial charge in [0, 0.05) is 16.8 Å². The van der Waals surface area contributed by atoms with Crippen molar-refractivity contribution in [2.24, 2.45) is 0 Å². The summed E-state index contributed by atoms with van der Waals surface area (Å²) in [5.74, 6) is -0.0383. The molecule has 0 aliphatic carbocycles. The lowest BCUT2D eigenvalue weighted by molar-refractivity contribution is -0.124. The minimum atomic E-state index is -0.278. The van der Waals surface area contributed by atoms with Crippen LogP contribution in [0, 0.1) is 13.8 Å². The fraction of sp³-hybridized carbons (Fsp3) is 0.462. The van der Waals surface area contributed by atoms with Crippen molar-refractivity contribution in [3.05, 3.63) is 27.7 Å². The number of halogens is 1. The van der Waals surface area contributed by atoms with Gasteiger partial charge in [-0.15, -0.1) is 0 Å². The number of hydrogen-bond donors (Lipinski definition) is 1. The van der Waals surface area contributed by atoms with Crippen LogP contribution in [0.1, 0.15) is 24.0 Å². The van der Waals surface area contributed by atoms with Gasteiger partial charge in [0.1, 0.15) is 6.10 Å². The van der Waals surface area contributed by atoms with Crippen LogP contribution in [0.15, 0.2) is 16.6 Å². The van der Waals surface area contributed by atoms with Gasteiger partial charge in [-0.05, 0) is 49.9 Å². The smallest absolute Gasteiger partial charge is 0.253 e. The Bertz CT molecular complexity index is 416. The summed E-state index contributed by atoms with van der Waals surface area (Å²) in [5.41, 5.74) is 3.07. The molecule has 0 spiro atoms. The second kappa shape index (κ2) is 5.19. The molecular weight excluding hydrogens is 282 g/mol. The second-order valence-corrected chi connectivity index (χ2v) is 5.21. The van der Waals surface area contributed by atoms with Crippen LogP contribution in [-0.4, -0.2) is 18.6 Å². The van der Waals surface area contributed by atoms with E-state index in [1.165, 1.54) is 0 Å². The van der Waals surface area contributed by atoms with Crippen molar-refractivity contribution in [2.75, 3.05) is 11.9 Å². The van der Waals surface area contributed by atoms with E-state index in [-0.39, 0.29) is 12.0 Å². The highest BCUT2D eigenvalue weighted by molar-refractivity contribution is 9.10. The molecule has 0 bridgehead atoms. The maximum atomic E-state index is 11.9. The second-order valence-electron chi connectivity index (χ2n) is 4.41. The van der Waals surface area contributed by atoms with Gasteiger partial charge >= 0.3 is 0 Å². The third kappa shape index (κ3) is 2.87. The van der Waals surface area contributed by atoms with Crippen LogP contribution in [0.3, 0.4) is 0 Å². The van der Waals surface area contributed by atoms with E-state index in [1.807, 2.05) is 26.0 Å². The van der Waals surface area contributed by atoms with Crippen molar-refractivity contribution in [2.45, 2.75) is 32.8 Å². The van der Waals surface area contributed by atoms with E-state index in [1.54, 1.807) is 0 Å². The number of hydrogen-bond acceptors (Lipinski definition) is 2. The first-order chi connectivity index (χ1) is 8.08. The molecule has 1 amide bonds. The molecule has 1 aliphatic heterocycles. The van der Waals surface area contributed by atoms with Crippen LogP contribution >= 0.6 is 15.9 Å². The first kappa shape index (κ1) is 12.6. The number of anilines is 1. The Kier molecular flexibility index (Phi) is 3.84. The predicted molar refractivity (Wildman–Crippen MR) is 71.2 cm³/mol. The molecule has 1 aliphatic rings. The fourth-order valence-electron chi connectivity index (χ4n) is 2.03. The Morgan fingerprint density at radius 1 is 1.41 bits per heavy atom. The van der Waals surface area contributed by atoms with Gasteiger partial charge in [-0.1, -0.05) is 15.9 Å². The van der Waals surface area contributed by atoms with Crippen molar-refractivity contribution in [1.29, 1.82) is 0 Å². The topological polar surface area (TPSA) is 38.3 Å². The molecule has 1 heterocycles. The maximum Gasteiger partial charge on any atom is 0.253 e. The van der Waals surface area contributed by atoms with Crippen molar-refractivity contribution in [1.82, 2.24) is 0 Å². The zero-order valence-electron chi connectivity index (χ0n) is 10.0. The van der Waals surface area contributed by atoms with E-state index >= 15 is 0 Å². The molecule has 0 saturated carbocycles. The van der Waals surface area contributed by atoms with Crippen LogP contribution in [0.5, 0.6) is 0 Å². The molecule has 0 unspecified atom stereocenters. The van der Waals surface area contributed by atoms with Crippen molar-refractivity contribution < 1.29 is 9.53 Å². The van der Waals surface area contributed by atoms with E-state index in [9.17, 15) is 4.79 Å². The average Bonchev–Trinajstić information content (AvgIpc) is 2.79. The molecule has 1 saturated heterocycles. The van der Waals surface area contributed by atoms with Crippen LogP contribution in [0.4, 0.5) is 5.69 Å². The van der Waals surface area contributed by atoms with E-state index in [0.717, 1.165) is 34.1 Å². The Morgan fingerprint density at radius 2 is 2.06 bits per heavy atom. The van der Waals surface area contributed by atoms with E-state index in [2.05, 4.69) is 21.2 Å². The van der Waals surface area contributed by atoms with Crippen LogP contribution in [-0.2, 0) is 9.53 Å². The summed E-state index contributed by atoms with van der Waals surface area (Å²) < 4.78 is 6.44. The summed E-state index contributed by atoms with van der Waals surface area (Å²) in [6.07, 6.45) is 1.51.